The first-order valence-electron chi connectivity index (χ1n) is 14.1. The number of methoxy groups -OCH3 is 1. The predicted molar refractivity (Wildman–Crippen MR) is 175 cm³/mol. The number of anilines is 1. The Bertz CT molecular complexity index is 1790. The zero-order valence-corrected chi connectivity index (χ0v) is 25.3. The lowest BCUT2D eigenvalue weighted by Gasteiger charge is -2.33. The maximum Gasteiger partial charge on any atom is 0.124 e. The quantitative estimate of drug-likeness (QED) is 0.121. The van der Waals surface area contributed by atoms with Crippen LogP contribution in [0.15, 0.2) is 119 Å². The Hall–Kier alpha value is -4.10. The maximum absolute atomic E-state index is 5.39. The lowest BCUT2D eigenvalue weighted by Crippen LogP contribution is -2.26. The number of thioether (sulfide) groups is 1. The summed E-state index contributed by atoms with van der Waals surface area (Å²) in [7, 11) is 8.14. The lowest BCUT2D eigenvalue weighted by molar-refractivity contribution is 0.259. The number of nitrogens with zero attached hydrogens (tertiary/aromatic N) is 3. The molecule has 0 bridgehead atoms. The second kappa shape index (κ2) is 12.4. The molecule has 0 aliphatic rings. The zero-order valence-electron chi connectivity index (χ0n) is 24.5. The molecule has 0 fully saturated rings. The van der Waals surface area contributed by atoms with Gasteiger partial charge in [0.25, 0.3) is 0 Å². The lowest BCUT2D eigenvalue weighted by atomic mass is 9.91. The molecule has 5 aromatic carbocycles. The van der Waals surface area contributed by atoms with Gasteiger partial charge in [-0.1, -0.05) is 102 Å². The van der Waals surface area contributed by atoms with Gasteiger partial charge in [0.05, 0.1) is 12.0 Å². The molecule has 0 spiro atoms. The predicted octanol–water partition coefficient (Wildman–Crippen LogP) is 8.63. The number of hydrogen-bond donors (Lipinski definition) is 0. The molecule has 6 rings (SSSR count). The monoisotopic (exact) mass is 573 g/mol. The van der Waals surface area contributed by atoms with E-state index in [-0.39, 0.29) is 6.04 Å². The second-order valence-electron chi connectivity index (χ2n) is 10.8. The van der Waals surface area contributed by atoms with E-state index >= 15 is 0 Å². The average Bonchev–Trinajstić information content (AvgIpc) is 3.55. The van der Waals surface area contributed by atoms with E-state index in [1.165, 1.54) is 27.5 Å². The summed E-state index contributed by atoms with van der Waals surface area (Å²) in [6.07, 6.45) is 1.63. The molecule has 5 nitrogen and oxygen atoms in total. The van der Waals surface area contributed by atoms with E-state index < -0.39 is 0 Å². The van der Waals surface area contributed by atoms with Crippen molar-refractivity contribution in [3.05, 3.63) is 126 Å². The van der Waals surface area contributed by atoms with Gasteiger partial charge in [-0.15, -0.1) is 0 Å². The van der Waals surface area contributed by atoms with Crippen molar-refractivity contribution in [2.75, 3.05) is 39.1 Å². The topological polar surface area (TPSA) is 41.7 Å². The fourth-order valence-corrected chi connectivity index (χ4v) is 6.66. The SMILES string of the molecule is COCSc1ccc2c(N(C)C(c3ccc(CN(C)C)cc3)c3cccc4ccccc34)cccc2c1-c1ccon1. The minimum Gasteiger partial charge on any atom is -0.374 e. The van der Waals surface area contributed by atoms with Gasteiger partial charge in [0, 0.05) is 48.3 Å². The van der Waals surface area contributed by atoms with Gasteiger partial charge in [0.1, 0.15) is 12.0 Å². The standard InChI is InChI=1S/C36H35N3O2S/c1-38(2)23-25-15-17-27(18-16-25)36(31-13-7-10-26-9-5-6-11-28(26)31)39(3)33-14-8-12-30-29(33)19-20-34(42-24-40-4)35(30)32-21-22-41-37-32/h5-22,36H,23-24H2,1-4H3. The molecule has 42 heavy (non-hydrogen) atoms. The van der Waals surface area contributed by atoms with Crippen LogP contribution in [0.3, 0.4) is 0 Å². The van der Waals surface area contributed by atoms with Gasteiger partial charge in [-0.3, -0.25) is 0 Å². The smallest absolute Gasteiger partial charge is 0.124 e. The van der Waals surface area contributed by atoms with Crippen molar-refractivity contribution in [3.63, 3.8) is 0 Å². The van der Waals surface area contributed by atoms with Crippen LogP contribution in [0.1, 0.15) is 22.7 Å². The van der Waals surface area contributed by atoms with E-state index in [2.05, 4.69) is 133 Å². The summed E-state index contributed by atoms with van der Waals surface area (Å²) >= 11 is 1.66. The van der Waals surface area contributed by atoms with E-state index in [1.807, 2.05) is 6.07 Å². The summed E-state index contributed by atoms with van der Waals surface area (Å²) in [6, 6.07) is 37.2. The van der Waals surface area contributed by atoms with Gasteiger partial charge >= 0.3 is 0 Å². The molecule has 1 aromatic heterocycles. The van der Waals surface area contributed by atoms with Crippen LogP contribution in [-0.4, -0.2) is 44.2 Å². The third-order valence-corrected chi connectivity index (χ3v) is 8.71. The Morgan fingerprint density at radius 3 is 2.31 bits per heavy atom. The van der Waals surface area contributed by atoms with Crippen molar-refractivity contribution in [1.29, 1.82) is 0 Å². The number of hydrogen-bond acceptors (Lipinski definition) is 6. The summed E-state index contributed by atoms with van der Waals surface area (Å²) in [4.78, 5) is 5.73. The molecule has 0 saturated carbocycles. The van der Waals surface area contributed by atoms with Crippen LogP contribution in [0.4, 0.5) is 5.69 Å². The van der Waals surface area contributed by atoms with E-state index in [4.69, 9.17) is 9.26 Å². The maximum atomic E-state index is 5.39. The number of aromatic nitrogens is 1. The Kier molecular flexibility index (Phi) is 8.29. The summed E-state index contributed by atoms with van der Waals surface area (Å²) < 4.78 is 10.7. The molecule has 0 radical (unpaired) electrons. The van der Waals surface area contributed by atoms with Crippen molar-refractivity contribution >= 4 is 39.0 Å². The normalized spacial score (nSPS) is 12.3. The summed E-state index contributed by atoms with van der Waals surface area (Å²) in [5, 5.41) is 9.12. The Morgan fingerprint density at radius 2 is 1.55 bits per heavy atom. The van der Waals surface area contributed by atoms with E-state index in [9.17, 15) is 0 Å². The van der Waals surface area contributed by atoms with Crippen molar-refractivity contribution < 1.29 is 9.26 Å². The van der Waals surface area contributed by atoms with Crippen LogP contribution in [0.2, 0.25) is 0 Å². The van der Waals surface area contributed by atoms with Crippen molar-refractivity contribution in [3.8, 4) is 11.3 Å². The highest BCUT2D eigenvalue weighted by Gasteiger charge is 2.24. The molecule has 0 amide bonds. The molecule has 0 saturated heterocycles. The van der Waals surface area contributed by atoms with Crippen LogP contribution >= 0.6 is 11.8 Å². The molecule has 1 unspecified atom stereocenters. The Labute approximate surface area is 251 Å². The first kappa shape index (κ1) is 28.0. The van der Waals surface area contributed by atoms with Gasteiger partial charge in [0.15, 0.2) is 0 Å². The minimum absolute atomic E-state index is 0.00634. The number of fused-ring (bicyclic) bond motifs is 2. The second-order valence-corrected chi connectivity index (χ2v) is 11.8. The van der Waals surface area contributed by atoms with Gasteiger partial charge in [-0.2, -0.15) is 0 Å². The number of ether oxygens (including phenoxy) is 1. The van der Waals surface area contributed by atoms with Crippen molar-refractivity contribution in [1.82, 2.24) is 10.1 Å². The van der Waals surface area contributed by atoms with Crippen LogP contribution < -0.4 is 4.90 Å². The van der Waals surface area contributed by atoms with Gasteiger partial charge < -0.3 is 19.1 Å². The van der Waals surface area contributed by atoms with E-state index in [1.54, 1.807) is 25.1 Å². The number of rotatable bonds is 10. The summed E-state index contributed by atoms with van der Waals surface area (Å²) in [5.74, 6) is 0.558. The molecular formula is C36H35N3O2S. The first-order valence-corrected chi connectivity index (χ1v) is 15.1. The van der Waals surface area contributed by atoms with Gasteiger partial charge in [0.2, 0.25) is 0 Å². The highest BCUT2D eigenvalue weighted by Crippen LogP contribution is 2.43. The van der Waals surface area contributed by atoms with Crippen LogP contribution in [0.5, 0.6) is 0 Å². The third kappa shape index (κ3) is 5.53. The third-order valence-electron chi connectivity index (χ3n) is 7.71. The molecule has 6 aromatic rings. The molecule has 1 atom stereocenters. The zero-order chi connectivity index (χ0) is 29.1. The summed E-state index contributed by atoms with van der Waals surface area (Å²) in [6.45, 7) is 0.909. The molecule has 0 aliphatic carbocycles. The fourth-order valence-electron chi connectivity index (χ4n) is 5.89. The summed E-state index contributed by atoms with van der Waals surface area (Å²) in [5.41, 5.74) is 6.85. The van der Waals surface area contributed by atoms with E-state index in [0.717, 1.165) is 39.2 Å². The van der Waals surface area contributed by atoms with Gasteiger partial charge in [-0.25, -0.2) is 0 Å². The largest absolute Gasteiger partial charge is 0.374 e. The fraction of sp³-hybridized carbons (Fsp3) is 0.194. The first-order chi connectivity index (χ1) is 20.5. The Morgan fingerprint density at radius 1 is 0.786 bits per heavy atom. The molecule has 6 heteroatoms. The highest BCUT2D eigenvalue weighted by atomic mass is 32.2. The average molecular weight is 574 g/mol. The van der Waals surface area contributed by atoms with Crippen LogP contribution in [-0.2, 0) is 11.3 Å². The van der Waals surface area contributed by atoms with Crippen LogP contribution in [0.25, 0.3) is 32.8 Å². The van der Waals surface area contributed by atoms with E-state index in [0.29, 0.717) is 5.94 Å². The molecule has 212 valence electrons. The van der Waals surface area contributed by atoms with Crippen molar-refractivity contribution in [2.24, 2.45) is 0 Å². The minimum atomic E-state index is -0.00634. The molecule has 1 heterocycles. The van der Waals surface area contributed by atoms with Gasteiger partial charge in [-0.05, 0) is 59.1 Å². The Balaban J connectivity index is 1.53. The molecule has 0 N–H and O–H groups in total. The molecular weight excluding hydrogens is 538 g/mol. The number of benzene rings is 5. The highest BCUT2D eigenvalue weighted by molar-refractivity contribution is 7.99. The van der Waals surface area contributed by atoms with Crippen molar-refractivity contribution in [2.45, 2.75) is 17.5 Å². The van der Waals surface area contributed by atoms with Crippen LogP contribution in [0, 0.1) is 0 Å². The molecule has 0 aliphatic heterocycles.